The first-order valence-corrected chi connectivity index (χ1v) is 6.93. The van der Waals surface area contributed by atoms with E-state index in [-0.39, 0.29) is 16.9 Å². The van der Waals surface area contributed by atoms with Crippen LogP contribution in [0, 0.1) is 22.7 Å². The highest BCUT2D eigenvalue weighted by Crippen LogP contribution is 2.27. The molecule has 0 aliphatic heterocycles. The number of hydrogen-bond donors (Lipinski definition) is 0. The van der Waals surface area contributed by atoms with Crippen molar-refractivity contribution in [3.8, 4) is 23.6 Å². The van der Waals surface area contributed by atoms with Gasteiger partial charge in [0.15, 0.2) is 5.78 Å². The van der Waals surface area contributed by atoms with Gasteiger partial charge in [-0.15, -0.1) is 0 Å². The lowest BCUT2D eigenvalue weighted by Gasteiger charge is -2.08. The molecule has 23 heavy (non-hydrogen) atoms. The van der Waals surface area contributed by atoms with Crippen LogP contribution in [0.25, 0.3) is 0 Å². The molecule has 0 atom stereocenters. The summed E-state index contributed by atoms with van der Waals surface area (Å²) in [6, 6.07) is 15.4. The van der Waals surface area contributed by atoms with E-state index in [9.17, 15) is 10.1 Å². The predicted octanol–water partition coefficient (Wildman–Crippen LogP) is 3.44. The highest BCUT2D eigenvalue weighted by molar-refractivity contribution is 5.96. The van der Waals surface area contributed by atoms with Crippen molar-refractivity contribution in [1.82, 2.24) is 0 Å². The summed E-state index contributed by atoms with van der Waals surface area (Å²) >= 11 is 0. The molecule has 0 fully saturated rings. The van der Waals surface area contributed by atoms with Crippen molar-refractivity contribution in [3.63, 3.8) is 0 Å². The van der Waals surface area contributed by atoms with Crippen molar-refractivity contribution in [3.05, 3.63) is 59.2 Å². The Bertz CT molecular complexity index is 783. The summed E-state index contributed by atoms with van der Waals surface area (Å²) in [5.41, 5.74) is 1.02. The molecule has 2 aromatic carbocycles. The fraction of sp³-hybridized carbons (Fsp3) is 0.167. The van der Waals surface area contributed by atoms with Gasteiger partial charge >= 0.3 is 0 Å². The minimum Gasteiger partial charge on any atom is -0.456 e. The van der Waals surface area contributed by atoms with Gasteiger partial charge in [0.2, 0.25) is 0 Å². The second-order valence-corrected chi connectivity index (χ2v) is 4.69. The van der Waals surface area contributed by atoms with Crippen LogP contribution in [-0.2, 0) is 4.74 Å². The number of ketones is 1. The maximum absolute atomic E-state index is 11.9. The van der Waals surface area contributed by atoms with Crippen LogP contribution in [0.5, 0.6) is 11.5 Å². The monoisotopic (exact) mass is 306 g/mol. The molecule has 0 unspecified atom stereocenters. The van der Waals surface area contributed by atoms with E-state index in [1.54, 1.807) is 49.6 Å². The Labute approximate surface area is 134 Å². The van der Waals surface area contributed by atoms with E-state index in [2.05, 4.69) is 0 Å². The average molecular weight is 306 g/mol. The van der Waals surface area contributed by atoms with Crippen molar-refractivity contribution in [2.75, 3.05) is 13.7 Å². The van der Waals surface area contributed by atoms with Gasteiger partial charge in [-0.3, -0.25) is 4.79 Å². The van der Waals surface area contributed by atoms with E-state index in [1.807, 2.05) is 12.1 Å². The number of methoxy groups -OCH3 is 1. The summed E-state index contributed by atoms with van der Waals surface area (Å²) < 4.78 is 10.5. The van der Waals surface area contributed by atoms with Gasteiger partial charge in [0.25, 0.3) is 0 Å². The van der Waals surface area contributed by atoms with Gasteiger partial charge in [0.1, 0.15) is 29.2 Å². The molecule has 0 aliphatic carbocycles. The summed E-state index contributed by atoms with van der Waals surface area (Å²) in [6.45, 7) is 0.379. The van der Waals surface area contributed by atoms with E-state index in [0.29, 0.717) is 30.1 Å². The van der Waals surface area contributed by atoms with Gasteiger partial charge in [-0.05, 0) is 36.4 Å². The number of benzene rings is 2. The number of carbonyl (C=O) groups excluding carboxylic acids is 1. The van der Waals surface area contributed by atoms with Gasteiger partial charge in [-0.2, -0.15) is 10.5 Å². The van der Waals surface area contributed by atoms with Crippen LogP contribution < -0.4 is 4.74 Å². The molecule has 0 radical (unpaired) electrons. The molecular formula is C18H14N2O3. The zero-order chi connectivity index (χ0) is 16.7. The lowest BCUT2D eigenvalue weighted by molar-refractivity contribution is 0.0932. The van der Waals surface area contributed by atoms with Gasteiger partial charge in [0, 0.05) is 19.1 Å². The van der Waals surface area contributed by atoms with E-state index in [4.69, 9.17) is 14.7 Å². The fourth-order valence-electron chi connectivity index (χ4n) is 2.00. The number of hydrogen-bond acceptors (Lipinski definition) is 5. The highest BCUT2D eigenvalue weighted by atomic mass is 16.5. The quantitative estimate of drug-likeness (QED) is 0.763. The number of nitriles is 2. The number of rotatable bonds is 6. The predicted molar refractivity (Wildman–Crippen MR) is 83.2 cm³/mol. The molecule has 114 valence electrons. The van der Waals surface area contributed by atoms with Crippen molar-refractivity contribution in [1.29, 1.82) is 10.5 Å². The highest BCUT2D eigenvalue weighted by Gasteiger charge is 2.10. The van der Waals surface area contributed by atoms with Crippen LogP contribution in [0.4, 0.5) is 0 Å². The summed E-state index contributed by atoms with van der Waals surface area (Å²) in [4.78, 5) is 11.9. The second-order valence-electron chi connectivity index (χ2n) is 4.69. The van der Waals surface area contributed by atoms with Crippen LogP contribution in [0.3, 0.4) is 0 Å². The molecule has 5 nitrogen and oxygen atoms in total. The molecule has 0 bridgehead atoms. The zero-order valence-corrected chi connectivity index (χ0v) is 12.6. The molecule has 5 heteroatoms. The molecule has 0 amide bonds. The second kappa shape index (κ2) is 7.74. The number of nitrogens with zero attached hydrogens (tertiary/aromatic N) is 2. The summed E-state index contributed by atoms with van der Waals surface area (Å²) in [7, 11) is 1.55. The minimum atomic E-state index is -0.0115. The topological polar surface area (TPSA) is 83.1 Å². The van der Waals surface area contributed by atoms with E-state index >= 15 is 0 Å². The maximum atomic E-state index is 11.9. The van der Waals surface area contributed by atoms with E-state index in [1.165, 1.54) is 0 Å². The standard InChI is InChI=1S/C18H14N2O3/c1-22-10-9-17(21)13-5-7-15(8-6-13)23-18-4-2-3-14(11-19)16(18)12-20/h2-8H,9-10H2,1H3. The Morgan fingerprint density at radius 3 is 2.43 bits per heavy atom. The van der Waals surface area contributed by atoms with Crippen molar-refractivity contribution in [2.45, 2.75) is 6.42 Å². The third kappa shape index (κ3) is 3.94. The Hall–Kier alpha value is -3.15. The van der Waals surface area contributed by atoms with Gasteiger partial charge in [-0.25, -0.2) is 0 Å². The first kappa shape index (κ1) is 16.2. The molecule has 0 aromatic heterocycles. The smallest absolute Gasteiger partial charge is 0.165 e. The van der Waals surface area contributed by atoms with Gasteiger partial charge < -0.3 is 9.47 Å². The molecular weight excluding hydrogens is 292 g/mol. The fourth-order valence-corrected chi connectivity index (χ4v) is 2.00. The van der Waals surface area contributed by atoms with Crippen LogP contribution in [0.15, 0.2) is 42.5 Å². The lowest BCUT2D eigenvalue weighted by atomic mass is 10.1. The molecule has 0 saturated carbocycles. The Balaban J connectivity index is 2.18. The van der Waals surface area contributed by atoms with Gasteiger partial charge in [0.05, 0.1) is 12.2 Å². The number of ether oxygens (including phenoxy) is 2. The Morgan fingerprint density at radius 1 is 1.09 bits per heavy atom. The van der Waals surface area contributed by atoms with E-state index < -0.39 is 0 Å². The van der Waals surface area contributed by atoms with Gasteiger partial charge in [-0.1, -0.05) is 6.07 Å². The number of carbonyl (C=O) groups is 1. The summed E-state index contributed by atoms with van der Waals surface area (Å²) in [5, 5.41) is 18.2. The Kier molecular flexibility index (Phi) is 5.46. The molecule has 2 rings (SSSR count). The van der Waals surface area contributed by atoms with Crippen LogP contribution in [-0.4, -0.2) is 19.5 Å². The largest absolute Gasteiger partial charge is 0.456 e. The molecule has 0 spiro atoms. The third-order valence-corrected chi connectivity index (χ3v) is 3.20. The first-order valence-electron chi connectivity index (χ1n) is 6.93. The minimum absolute atomic E-state index is 0.0115. The maximum Gasteiger partial charge on any atom is 0.165 e. The first-order chi connectivity index (χ1) is 11.2. The third-order valence-electron chi connectivity index (χ3n) is 3.20. The van der Waals surface area contributed by atoms with Crippen molar-refractivity contribution < 1.29 is 14.3 Å². The molecule has 0 heterocycles. The number of Topliss-reactive ketones (excluding diaryl/α,β-unsaturated/α-hetero) is 1. The molecule has 0 N–H and O–H groups in total. The molecule has 0 saturated heterocycles. The summed E-state index contributed by atoms with van der Waals surface area (Å²) in [6.07, 6.45) is 0.319. The normalized spacial score (nSPS) is 9.70. The zero-order valence-electron chi connectivity index (χ0n) is 12.6. The molecule has 0 aliphatic rings. The van der Waals surface area contributed by atoms with Crippen LogP contribution in [0.1, 0.15) is 27.9 Å². The molecule has 2 aromatic rings. The lowest BCUT2D eigenvalue weighted by Crippen LogP contribution is -2.03. The Morgan fingerprint density at radius 2 is 1.83 bits per heavy atom. The van der Waals surface area contributed by atoms with Crippen molar-refractivity contribution >= 4 is 5.78 Å². The van der Waals surface area contributed by atoms with Crippen molar-refractivity contribution in [2.24, 2.45) is 0 Å². The summed E-state index contributed by atoms with van der Waals surface area (Å²) in [5.74, 6) is 0.785. The SMILES string of the molecule is COCCC(=O)c1ccc(Oc2cccc(C#N)c2C#N)cc1. The van der Waals surface area contributed by atoms with Crippen LogP contribution >= 0.6 is 0 Å². The van der Waals surface area contributed by atoms with E-state index in [0.717, 1.165) is 0 Å². The van der Waals surface area contributed by atoms with Crippen LogP contribution in [0.2, 0.25) is 0 Å². The average Bonchev–Trinajstić information content (AvgIpc) is 2.60.